The van der Waals surface area contributed by atoms with E-state index < -0.39 is 5.97 Å². The lowest BCUT2D eigenvalue weighted by atomic mass is 10.1. The van der Waals surface area contributed by atoms with Crippen molar-refractivity contribution in [1.82, 2.24) is 9.55 Å². The van der Waals surface area contributed by atoms with Crippen molar-refractivity contribution in [3.63, 3.8) is 0 Å². The standard InChI is InChI=1S/C13H12N2O2/c1-7-3-4-8-9-6-11(13(16)17)15(2)12(9)14-10(8)5-7/h3-6,14H,1-2H3,(H,16,17). The predicted molar refractivity (Wildman–Crippen MR) is 66.5 cm³/mol. The summed E-state index contributed by atoms with van der Waals surface area (Å²) in [5.41, 5.74) is 3.38. The van der Waals surface area contributed by atoms with Crippen molar-refractivity contribution in [2.24, 2.45) is 7.05 Å². The number of hydrogen-bond acceptors (Lipinski definition) is 1. The number of nitrogens with one attached hydrogen (secondary N) is 1. The Morgan fingerprint density at radius 1 is 1.29 bits per heavy atom. The summed E-state index contributed by atoms with van der Waals surface area (Å²) < 4.78 is 1.67. The van der Waals surface area contributed by atoms with Crippen molar-refractivity contribution in [3.05, 3.63) is 35.5 Å². The summed E-state index contributed by atoms with van der Waals surface area (Å²) in [6.45, 7) is 2.04. The van der Waals surface area contributed by atoms with E-state index in [1.807, 2.05) is 19.1 Å². The van der Waals surface area contributed by atoms with E-state index >= 15 is 0 Å². The molecule has 3 rings (SSSR count). The second kappa shape index (κ2) is 3.13. The molecule has 0 bridgehead atoms. The number of nitrogens with zero attached hydrogens (tertiary/aromatic N) is 1. The first-order chi connectivity index (χ1) is 8.08. The van der Waals surface area contributed by atoms with E-state index in [9.17, 15) is 4.79 Å². The molecule has 0 unspecified atom stereocenters. The molecule has 0 aliphatic carbocycles. The third-order valence-electron chi connectivity index (χ3n) is 3.17. The minimum atomic E-state index is -0.905. The molecular formula is C13H12N2O2. The second-order valence-electron chi connectivity index (χ2n) is 4.33. The van der Waals surface area contributed by atoms with Crippen LogP contribution in [0.25, 0.3) is 21.9 Å². The molecule has 0 spiro atoms. The molecule has 2 aromatic heterocycles. The molecule has 2 heterocycles. The Hall–Kier alpha value is -2.23. The maximum Gasteiger partial charge on any atom is 0.352 e. The van der Waals surface area contributed by atoms with Crippen molar-refractivity contribution in [2.75, 3.05) is 0 Å². The average molecular weight is 228 g/mol. The van der Waals surface area contributed by atoms with Crippen molar-refractivity contribution >= 4 is 27.9 Å². The van der Waals surface area contributed by atoms with Crippen LogP contribution in [0.2, 0.25) is 0 Å². The number of carbonyl (C=O) groups is 1. The van der Waals surface area contributed by atoms with E-state index in [1.165, 1.54) is 5.56 Å². The van der Waals surface area contributed by atoms with Gasteiger partial charge in [-0.3, -0.25) is 0 Å². The lowest BCUT2D eigenvalue weighted by molar-refractivity contribution is 0.0687. The maximum atomic E-state index is 11.0. The number of aromatic nitrogens is 2. The van der Waals surface area contributed by atoms with Crippen LogP contribution in [0.5, 0.6) is 0 Å². The van der Waals surface area contributed by atoms with Gasteiger partial charge in [0.1, 0.15) is 11.3 Å². The first-order valence-corrected chi connectivity index (χ1v) is 5.39. The summed E-state index contributed by atoms with van der Waals surface area (Å²) in [4.78, 5) is 14.3. The number of aryl methyl sites for hydroxylation is 2. The summed E-state index contributed by atoms with van der Waals surface area (Å²) >= 11 is 0. The van der Waals surface area contributed by atoms with E-state index in [1.54, 1.807) is 17.7 Å². The van der Waals surface area contributed by atoms with E-state index in [0.29, 0.717) is 5.69 Å². The molecule has 0 saturated carbocycles. The van der Waals surface area contributed by atoms with Crippen LogP contribution in [-0.2, 0) is 7.05 Å². The van der Waals surface area contributed by atoms with E-state index in [-0.39, 0.29) is 0 Å². The highest BCUT2D eigenvalue weighted by molar-refractivity contribution is 6.09. The molecule has 0 saturated heterocycles. The molecule has 4 heteroatoms. The topological polar surface area (TPSA) is 58.0 Å². The number of H-pyrrole nitrogens is 1. The lowest BCUT2D eigenvalue weighted by Crippen LogP contribution is -2.03. The number of rotatable bonds is 1. The van der Waals surface area contributed by atoms with Crippen molar-refractivity contribution < 1.29 is 9.90 Å². The van der Waals surface area contributed by atoms with E-state index in [2.05, 4.69) is 11.1 Å². The van der Waals surface area contributed by atoms with Crippen molar-refractivity contribution in [1.29, 1.82) is 0 Å². The van der Waals surface area contributed by atoms with Crippen molar-refractivity contribution in [2.45, 2.75) is 6.92 Å². The van der Waals surface area contributed by atoms with Gasteiger partial charge in [-0.2, -0.15) is 0 Å². The zero-order valence-corrected chi connectivity index (χ0v) is 9.61. The molecule has 1 aromatic carbocycles. The fraction of sp³-hybridized carbons (Fsp3) is 0.154. The molecule has 2 N–H and O–H groups in total. The minimum absolute atomic E-state index is 0.300. The number of aromatic carboxylic acids is 1. The maximum absolute atomic E-state index is 11.0. The van der Waals surface area contributed by atoms with Gasteiger partial charge in [-0.15, -0.1) is 0 Å². The Labute approximate surface area is 97.5 Å². The predicted octanol–water partition coefficient (Wildman–Crippen LogP) is 2.67. The van der Waals surface area contributed by atoms with Crippen LogP contribution >= 0.6 is 0 Å². The minimum Gasteiger partial charge on any atom is -0.477 e. The zero-order chi connectivity index (χ0) is 12.2. The number of benzene rings is 1. The molecule has 4 nitrogen and oxygen atoms in total. The average Bonchev–Trinajstić information content (AvgIpc) is 2.76. The number of aromatic amines is 1. The van der Waals surface area contributed by atoms with Gasteiger partial charge in [0, 0.05) is 23.3 Å². The van der Waals surface area contributed by atoms with Gasteiger partial charge in [-0.25, -0.2) is 4.79 Å². The second-order valence-corrected chi connectivity index (χ2v) is 4.33. The number of carboxylic acids is 1. The first kappa shape index (κ1) is 9.96. The molecule has 3 aromatic rings. The summed E-state index contributed by atoms with van der Waals surface area (Å²) in [5.74, 6) is -0.905. The Bertz CT molecular complexity index is 750. The Morgan fingerprint density at radius 2 is 2.06 bits per heavy atom. The van der Waals surface area contributed by atoms with Gasteiger partial charge in [0.05, 0.1) is 0 Å². The van der Waals surface area contributed by atoms with E-state index in [0.717, 1.165) is 21.9 Å². The molecule has 0 amide bonds. The summed E-state index contributed by atoms with van der Waals surface area (Å²) in [5, 5.41) is 11.1. The number of carboxylic acid groups (broad SMARTS) is 1. The van der Waals surface area contributed by atoms with Crippen LogP contribution in [0.4, 0.5) is 0 Å². The molecule has 86 valence electrons. The lowest BCUT2D eigenvalue weighted by Gasteiger charge is -1.97. The Morgan fingerprint density at radius 3 is 2.76 bits per heavy atom. The molecule has 17 heavy (non-hydrogen) atoms. The molecule has 0 aliphatic rings. The molecular weight excluding hydrogens is 216 g/mol. The molecule has 0 atom stereocenters. The fourth-order valence-electron chi connectivity index (χ4n) is 2.29. The third-order valence-corrected chi connectivity index (χ3v) is 3.17. The van der Waals surface area contributed by atoms with Crippen LogP contribution in [0.3, 0.4) is 0 Å². The Kier molecular flexibility index (Phi) is 1.84. The highest BCUT2D eigenvalue weighted by atomic mass is 16.4. The van der Waals surface area contributed by atoms with Gasteiger partial charge in [0.25, 0.3) is 0 Å². The summed E-state index contributed by atoms with van der Waals surface area (Å²) in [6.07, 6.45) is 0. The van der Waals surface area contributed by atoms with Crippen LogP contribution in [0, 0.1) is 6.92 Å². The van der Waals surface area contributed by atoms with Gasteiger partial charge in [0.15, 0.2) is 0 Å². The summed E-state index contributed by atoms with van der Waals surface area (Å²) in [7, 11) is 1.76. The monoisotopic (exact) mass is 228 g/mol. The SMILES string of the molecule is Cc1ccc2c(c1)[nH]c1c2cc(C(=O)O)n1C. The van der Waals surface area contributed by atoms with E-state index in [4.69, 9.17) is 5.11 Å². The van der Waals surface area contributed by atoms with Crippen LogP contribution in [-0.4, -0.2) is 20.6 Å². The highest BCUT2D eigenvalue weighted by Gasteiger charge is 2.15. The quantitative estimate of drug-likeness (QED) is 0.672. The van der Waals surface area contributed by atoms with Crippen molar-refractivity contribution in [3.8, 4) is 0 Å². The highest BCUT2D eigenvalue weighted by Crippen LogP contribution is 2.28. The molecule has 0 aliphatic heterocycles. The van der Waals surface area contributed by atoms with Gasteiger partial charge >= 0.3 is 5.97 Å². The molecule has 0 fully saturated rings. The Balaban J connectivity index is 2.45. The van der Waals surface area contributed by atoms with Gasteiger partial charge < -0.3 is 14.7 Å². The summed E-state index contributed by atoms with van der Waals surface area (Å²) in [6, 6.07) is 7.83. The fourth-order valence-corrected chi connectivity index (χ4v) is 2.29. The van der Waals surface area contributed by atoms with Crippen LogP contribution in [0.1, 0.15) is 16.1 Å². The smallest absolute Gasteiger partial charge is 0.352 e. The zero-order valence-electron chi connectivity index (χ0n) is 9.61. The largest absolute Gasteiger partial charge is 0.477 e. The van der Waals surface area contributed by atoms with Gasteiger partial charge in [0.2, 0.25) is 0 Å². The van der Waals surface area contributed by atoms with Gasteiger partial charge in [-0.05, 0) is 24.6 Å². The normalized spacial score (nSPS) is 11.4. The third kappa shape index (κ3) is 1.27. The number of hydrogen-bond donors (Lipinski definition) is 2. The van der Waals surface area contributed by atoms with Crippen LogP contribution in [0.15, 0.2) is 24.3 Å². The van der Waals surface area contributed by atoms with Gasteiger partial charge in [-0.1, -0.05) is 12.1 Å². The number of fused-ring (bicyclic) bond motifs is 3. The molecule has 0 radical (unpaired) electrons. The van der Waals surface area contributed by atoms with Crippen LogP contribution < -0.4 is 0 Å². The first-order valence-electron chi connectivity index (χ1n) is 5.39.